The van der Waals surface area contributed by atoms with E-state index in [0.29, 0.717) is 23.5 Å². The summed E-state index contributed by atoms with van der Waals surface area (Å²) >= 11 is 1.32. The third-order valence-electron chi connectivity index (χ3n) is 5.02. The highest BCUT2D eigenvalue weighted by molar-refractivity contribution is 8.00. The summed E-state index contributed by atoms with van der Waals surface area (Å²) in [5.41, 5.74) is 0.452. The normalized spacial score (nSPS) is 16.7. The van der Waals surface area contributed by atoms with E-state index in [1.54, 1.807) is 13.2 Å². The van der Waals surface area contributed by atoms with E-state index in [-0.39, 0.29) is 23.3 Å². The second-order valence-electron chi connectivity index (χ2n) is 7.84. The fourth-order valence-electron chi connectivity index (χ4n) is 3.51. The van der Waals surface area contributed by atoms with E-state index in [2.05, 4.69) is 24.1 Å². The third kappa shape index (κ3) is 4.72. The van der Waals surface area contributed by atoms with Gasteiger partial charge in [0.1, 0.15) is 5.65 Å². The van der Waals surface area contributed by atoms with Gasteiger partial charge in [-0.05, 0) is 30.7 Å². The van der Waals surface area contributed by atoms with Gasteiger partial charge in [0.25, 0.3) is 5.56 Å². The van der Waals surface area contributed by atoms with Gasteiger partial charge >= 0.3 is 5.69 Å². The maximum Gasteiger partial charge on any atom is 0.332 e. The zero-order chi connectivity index (χ0) is 21.1. The maximum absolute atomic E-state index is 12.9. The Morgan fingerprint density at radius 1 is 1.34 bits per heavy atom. The van der Waals surface area contributed by atoms with Crippen molar-refractivity contribution in [2.24, 2.45) is 20.0 Å². The van der Waals surface area contributed by atoms with Crippen molar-refractivity contribution in [3.05, 3.63) is 32.6 Å². The zero-order valence-electron chi connectivity index (χ0n) is 17.4. The zero-order valence-corrected chi connectivity index (χ0v) is 18.2. The van der Waals surface area contributed by atoms with Crippen molar-refractivity contribution < 1.29 is 9.53 Å². The minimum Gasteiger partial charge on any atom is -0.376 e. The molecule has 3 rings (SSSR count). The van der Waals surface area contributed by atoms with Crippen LogP contribution < -0.4 is 16.6 Å². The molecule has 1 aliphatic rings. The molecule has 1 aliphatic heterocycles. The number of nitrogens with one attached hydrogen (secondary N) is 1. The third-order valence-corrected chi connectivity index (χ3v) is 6.18. The first-order valence-electron chi connectivity index (χ1n) is 9.88. The molecule has 1 N–H and O–H groups in total. The number of carbonyl (C=O) groups is 1. The number of carbonyl (C=O) groups excluding carboxylic acids is 1. The van der Waals surface area contributed by atoms with Crippen LogP contribution in [0.5, 0.6) is 0 Å². The van der Waals surface area contributed by atoms with Crippen LogP contribution in [0.1, 0.15) is 32.3 Å². The van der Waals surface area contributed by atoms with Crippen molar-refractivity contribution in [3.63, 3.8) is 0 Å². The maximum atomic E-state index is 12.9. The van der Waals surface area contributed by atoms with Gasteiger partial charge in [0, 0.05) is 38.3 Å². The Hall–Kier alpha value is -2.13. The lowest BCUT2D eigenvalue weighted by atomic mass is 10.0. The Morgan fingerprint density at radius 2 is 2.10 bits per heavy atom. The van der Waals surface area contributed by atoms with Crippen molar-refractivity contribution in [2.45, 2.75) is 44.1 Å². The van der Waals surface area contributed by atoms with E-state index in [4.69, 9.17) is 4.74 Å². The SMILES string of the molecule is CC(C)Cc1cnc2c(c1SCC(=O)NC[C@H]1CCCO1)c(=O)n(C)c(=O)n2C. The lowest BCUT2D eigenvalue weighted by molar-refractivity contribution is -0.119. The van der Waals surface area contributed by atoms with Crippen LogP contribution in [0.3, 0.4) is 0 Å². The Balaban J connectivity index is 1.91. The molecule has 0 saturated carbocycles. The van der Waals surface area contributed by atoms with Crippen LogP contribution in [0.2, 0.25) is 0 Å². The van der Waals surface area contributed by atoms with Gasteiger partial charge in [-0.25, -0.2) is 9.78 Å². The first-order valence-corrected chi connectivity index (χ1v) is 10.9. The molecule has 8 nitrogen and oxygen atoms in total. The molecule has 1 saturated heterocycles. The average Bonchev–Trinajstić information content (AvgIpc) is 3.21. The molecule has 2 aromatic rings. The second-order valence-corrected chi connectivity index (χ2v) is 8.83. The number of amides is 1. The summed E-state index contributed by atoms with van der Waals surface area (Å²) in [6, 6.07) is 0. The number of aromatic nitrogens is 3. The van der Waals surface area contributed by atoms with Gasteiger partial charge in [-0.15, -0.1) is 11.8 Å². The highest BCUT2D eigenvalue weighted by Gasteiger charge is 2.20. The van der Waals surface area contributed by atoms with Crippen molar-refractivity contribution in [3.8, 4) is 0 Å². The quantitative estimate of drug-likeness (QED) is 0.677. The van der Waals surface area contributed by atoms with E-state index in [1.165, 1.54) is 23.4 Å². The number of thioether (sulfide) groups is 1. The number of rotatable bonds is 7. The van der Waals surface area contributed by atoms with Crippen LogP contribution in [-0.4, -0.2) is 45.0 Å². The molecule has 9 heteroatoms. The van der Waals surface area contributed by atoms with Crippen LogP contribution in [0, 0.1) is 5.92 Å². The highest BCUT2D eigenvalue weighted by atomic mass is 32.2. The fourth-order valence-corrected chi connectivity index (χ4v) is 4.54. The molecule has 2 aromatic heterocycles. The van der Waals surface area contributed by atoms with E-state index >= 15 is 0 Å². The number of ether oxygens (including phenoxy) is 1. The highest BCUT2D eigenvalue weighted by Crippen LogP contribution is 2.29. The van der Waals surface area contributed by atoms with Gasteiger partial charge < -0.3 is 10.1 Å². The van der Waals surface area contributed by atoms with E-state index in [1.807, 2.05) is 0 Å². The molecule has 0 aromatic carbocycles. The summed E-state index contributed by atoms with van der Waals surface area (Å²) in [5, 5.41) is 3.30. The molecule has 1 amide bonds. The summed E-state index contributed by atoms with van der Waals surface area (Å²) in [4.78, 5) is 42.6. The minimum atomic E-state index is -0.420. The molecule has 0 radical (unpaired) electrons. The summed E-state index contributed by atoms with van der Waals surface area (Å²) in [6.07, 6.45) is 4.52. The second kappa shape index (κ2) is 9.13. The van der Waals surface area contributed by atoms with Gasteiger partial charge in [0.2, 0.25) is 5.91 Å². The monoisotopic (exact) mass is 420 g/mol. The van der Waals surface area contributed by atoms with Crippen molar-refractivity contribution in [1.29, 1.82) is 0 Å². The molecular weight excluding hydrogens is 392 g/mol. The molecule has 158 valence electrons. The Bertz CT molecular complexity index is 1020. The molecule has 29 heavy (non-hydrogen) atoms. The summed E-state index contributed by atoms with van der Waals surface area (Å²) in [6.45, 7) is 5.43. The van der Waals surface area contributed by atoms with Crippen LogP contribution in [-0.2, 0) is 30.0 Å². The van der Waals surface area contributed by atoms with E-state index in [9.17, 15) is 14.4 Å². The summed E-state index contributed by atoms with van der Waals surface area (Å²) in [5.74, 6) is 0.439. The van der Waals surface area contributed by atoms with Gasteiger partial charge in [-0.2, -0.15) is 0 Å². The predicted octanol–water partition coefficient (Wildman–Crippen LogP) is 1.22. The molecule has 0 aliphatic carbocycles. The van der Waals surface area contributed by atoms with Crippen molar-refractivity contribution in [1.82, 2.24) is 19.4 Å². The molecule has 1 fully saturated rings. The van der Waals surface area contributed by atoms with E-state index in [0.717, 1.165) is 40.9 Å². The number of nitrogens with zero attached hydrogens (tertiary/aromatic N) is 3. The molecule has 0 unspecified atom stereocenters. The van der Waals surface area contributed by atoms with E-state index < -0.39 is 5.69 Å². The largest absolute Gasteiger partial charge is 0.376 e. The standard InChI is InChI=1S/C20H28N4O4S/c1-12(2)8-13-9-22-18-16(19(26)24(4)20(27)23(18)3)17(13)29-11-15(25)21-10-14-6-5-7-28-14/h9,12,14H,5-8,10-11H2,1-4H3,(H,21,25)/t14-/m1/s1. The van der Waals surface area contributed by atoms with Crippen LogP contribution in [0.15, 0.2) is 20.7 Å². The van der Waals surface area contributed by atoms with Gasteiger partial charge in [-0.3, -0.25) is 18.7 Å². The van der Waals surface area contributed by atoms with Crippen molar-refractivity contribution >= 4 is 28.7 Å². The average molecular weight is 421 g/mol. The van der Waals surface area contributed by atoms with Crippen LogP contribution in [0.4, 0.5) is 0 Å². The van der Waals surface area contributed by atoms with Crippen LogP contribution in [0.25, 0.3) is 11.0 Å². The topological polar surface area (TPSA) is 95.2 Å². The summed E-state index contributed by atoms with van der Waals surface area (Å²) < 4.78 is 7.99. The lowest BCUT2D eigenvalue weighted by Gasteiger charge is -2.16. The van der Waals surface area contributed by atoms with Gasteiger partial charge in [-0.1, -0.05) is 13.8 Å². The minimum absolute atomic E-state index is 0.0871. The first kappa shape index (κ1) is 21.6. The Labute approximate surface area is 173 Å². The first-order chi connectivity index (χ1) is 13.8. The number of hydrogen-bond acceptors (Lipinski definition) is 6. The molecule has 0 bridgehead atoms. The van der Waals surface area contributed by atoms with Crippen molar-refractivity contribution in [2.75, 3.05) is 18.9 Å². The van der Waals surface area contributed by atoms with Gasteiger partial charge in [0.15, 0.2) is 0 Å². The lowest BCUT2D eigenvalue weighted by Crippen LogP contribution is -2.37. The number of aryl methyl sites for hydroxylation is 1. The fraction of sp³-hybridized carbons (Fsp3) is 0.600. The molecular formula is C20H28N4O4S. The smallest absolute Gasteiger partial charge is 0.332 e. The Morgan fingerprint density at radius 3 is 2.76 bits per heavy atom. The Kier molecular flexibility index (Phi) is 6.79. The summed E-state index contributed by atoms with van der Waals surface area (Å²) in [7, 11) is 3.06. The van der Waals surface area contributed by atoms with Gasteiger partial charge in [0.05, 0.1) is 17.2 Å². The number of pyridine rings is 1. The molecule has 1 atom stereocenters. The molecule has 0 spiro atoms. The molecule has 3 heterocycles. The number of fused-ring (bicyclic) bond motifs is 1. The predicted molar refractivity (Wildman–Crippen MR) is 113 cm³/mol. The van der Waals surface area contributed by atoms with Crippen LogP contribution >= 0.6 is 11.8 Å². The number of hydrogen-bond donors (Lipinski definition) is 1.